The molecule has 0 spiro atoms. The molecule has 0 heteroatoms. The predicted octanol–water partition coefficient (Wildman–Crippen LogP) is 7.07. The summed E-state index contributed by atoms with van der Waals surface area (Å²) in [5, 5.41) is 0. The van der Waals surface area contributed by atoms with Crippen LogP contribution in [0.1, 0.15) is 67.9 Å². The molecular weight excluding hydrogens is 312 g/mol. The first-order valence-electron chi connectivity index (χ1n) is 9.95. The molecule has 0 heterocycles. The van der Waals surface area contributed by atoms with Crippen molar-refractivity contribution in [3.05, 3.63) is 94.1 Å². The number of hydrogen-bond donors (Lipinski definition) is 0. The summed E-state index contributed by atoms with van der Waals surface area (Å²) in [6.45, 7) is 11.4. The lowest BCUT2D eigenvalue weighted by atomic mass is 9.80. The summed E-state index contributed by atoms with van der Waals surface area (Å²) in [7, 11) is 0. The van der Waals surface area contributed by atoms with Crippen molar-refractivity contribution in [1.82, 2.24) is 0 Å². The number of rotatable bonds is 5. The molecule has 0 radical (unpaired) electrons. The van der Waals surface area contributed by atoms with E-state index >= 15 is 0 Å². The summed E-state index contributed by atoms with van der Waals surface area (Å²) in [5.41, 5.74) is 8.92. The van der Waals surface area contributed by atoms with Crippen LogP contribution in [0.2, 0.25) is 0 Å². The second kappa shape index (κ2) is 7.66. The van der Waals surface area contributed by atoms with Gasteiger partial charge in [-0.3, -0.25) is 0 Å². The molecule has 1 aliphatic rings. The summed E-state index contributed by atoms with van der Waals surface area (Å²) in [6.07, 6.45) is 10.3. The van der Waals surface area contributed by atoms with Gasteiger partial charge in [0.25, 0.3) is 0 Å². The number of aryl methyl sites for hydroxylation is 2. The number of allylic oxidation sites excluding steroid dienone is 4. The van der Waals surface area contributed by atoms with E-state index in [1.54, 1.807) is 0 Å². The topological polar surface area (TPSA) is 0 Å². The van der Waals surface area contributed by atoms with Crippen LogP contribution in [-0.4, -0.2) is 0 Å². The fraction of sp³-hybridized carbons (Fsp3) is 0.385. The van der Waals surface area contributed by atoms with Crippen molar-refractivity contribution in [1.29, 1.82) is 0 Å². The molecule has 1 atom stereocenters. The molecule has 0 aliphatic heterocycles. The van der Waals surface area contributed by atoms with Crippen molar-refractivity contribution in [2.45, 2.75) is 65.2 Å². The molecule has 1 aliphatic carbocycles. The van der Waals surface area contributed by atoms with Crippen molar-refractivity contribution in [3.63, 3.8) is 0 Å². The van der Waals surface area contributed by atoms with Gasteiger partial charge in [0.1, 0.15) is 0 Å². The Morgan fingerprint density at radius 2 is 1.65 bits per heavy atom. The van der Waals surface area contributed by atoms with E-state index in [0.717, 1.165) is 19.3 Å². The first-order valence-corrected chi connectivity index (χ1v) is 9.95. The van der Waals surface area contributed by atoms with Gasteiger partial charge in [0.2, 0.25) is 0 Å². The van der Waals surface area contributed by atoms with Crippen LogP contribution in [0.15, 0.2) is 66.3 Å². The van der Waals surface area contributed by atoms with Gasteiger partial charge in [-0.05, 0) is 59.4 Å². The summed E-state index contributed by atoms with van der Waals surface area (Å²) in [5.74, 6) is 0.461. The molecule has 0 fully saturated rings. The molecule has 0 amide bonds. The van der Waals surface area contributed by atoms with Crippen molar-refractivity contribution >= 4 is 0 Å². The van der Waals surface area contributed by atoms with E-state index in [4.69, 9.17) is 0 Å². The third kappa shape index (κ3) is 4.18. The minimum absolute atomic E-state index is 0.198. The summed E-state index contributed by atoms with van der Waals surface area (Å²) < 4.78 is 0. The van der Waals surface area contributed by atoms with Crippen LogP contribution in [0.4, 0.5) is 0 Å². The second-order valence-corrected chi connectivity index (χ2v) is 8.57. The van der Waals surface area contributed by atoms with Gasteiger partial charge >= 0.3 is 0 Å². The van der Waals surface area contributed by atoms with Gasteiger partial charge < -0.3 is 0 Å². The lowest BCUT2D eigenvalue weighted by Gasteiger charge is -2.24. The van der Waals surface area contributed by atoms with Crippen molar-refractivity contribution < 1.29 is 0 Å². The number of benzene rings is 2. The van der Waals surface area contributed by atoms with Gasteiger partial charge in [-0.1, -0.05) is 94.0 Å². The molecule has 0 aromatic heterocycles. The lowest BCUT2D eigenvalue weighted by molar-refractivity contribution is 0.581. The maximum absolute atomic E-state index is 2.39. The average Bonchev–Trinajstić information content (AvgIpc) is 3.09. The number of hydrogen-bond acceptors (Lipinski definition) is 0. The van der Waals surface area contributed by atoms with Crippen molar-refractivity contribution in [3.8, 4) is 0 Å². The molecule has 0 saturated heterocycles. The van der Waals surface area contributed by atoms with Crippen LogP contribution in [0.3, 0.4) is 0 Å². The molecule has 0 nitrogen and oxygen atoms in total. The van der Waals surface area contributed by atoms with Crippen LogP contribution < -0.4 is 0 Å². The zero-order chi connectivity index (χ0) is 18.7. The summed E-state index contributed by atoms with van der Waals surface area (Å²) in [4.78, 5) is 0. The van der Waals surface area contributed by atoms with Gasteiger partial charge in [-0.25, -0.2) is 0 Å². The first-order chi connectivity index (χ1) is 12.4. The third-order valence-corrected chi connectivity index (χ3v) is 5.57. The van der Waals surface area contributed by atoms with Gasteiger partial charge in [0, 0.05) is 5.92 Å². The van der Waals surface area contributed by atoms with E-state index in [9.17, 15) is 0 Å². The zero-order valence-corrected chi connectivity index (χ0v) is 17.0. The Morgan fingerprint density at radius 1 is 0.923 bits per heavy atom. The van der Waals surface area contributed by atoms with Crippen molar-refractivity contribution in [2.75, 3.05) is 0 Å². The van der Waals surface area contributed by atoms with Crippen LogP contribution in [0.5, 0.6) is 0 Å². The highest BCUT2D eigenvalue weighted by Crippen LogP contribution is 2.30. The van der Waals surface area contributed by atoms with Gasteiger partial charge in [-0.15, -0.1) is 0 Å². The molecule has 2 aromatic carbocycles. The molecule has 26 heavy (non-hydrogen) atoms. The van der Waals surface area contributed by atoms with Crippen LogP contribution in [-0.2, 0) is 18.3 Å². The summed E-state index contributed by atoms with van der Waals surface area (Å²) in [6, 6.07) is 16.0. The molecule has 0 bridgehead atoms. The quantitative estimate of drug-likeness (QED) is 0.544. The first kappa shape index (κ1) is 18.7. The standard InChI is InChI=1S/C26H32/c1-6-20-10-16-23(18-20)22-14-11-21(12-15-22)13-17-24-19(2)8-7-9-25(24)26(3,4)5/h7-12,14-16,18,23H,6,13,17H2,1-5H3. The van der Waals surface area contributed by atoms with Crippen LogP contribution in [0, 0.1) is 6.92 Å². The van der Waals surface area contributed by atoms with E-state index in [1.165, 1.54) is 33.4 Å². The molecule has 1 unspecified atom stereocenters. The molecule has 3 rings (SSSR count). The average molecular weight is 345 g/mol. The normalized spacial score (nSPS) is 16.8. The predicted molar refractivity (Wildman–Crippen MR) is 114 cm³/mol. The maximum atomic E-state index is 2.39. The minimum Gasteiger partial charge on any atom is -0.0730 e. The highest BCUT2D eigenvalue weighted by Gasteiger charge is 2.18. The maximum Gasteiger partial charge on any atom is 0.0207 e. The van der Waals surface area contributed by atoms with E-state index in [1.807, 2.05) is 0 Å². The third-order valence-electron chi connectivity index (χ3n) is 5.57. The Morgan fingerprint density at radius 3 is 2.27 bits per heavy atom. The fourth-order valence-electron chi connectivity index (χ4n) is 3.92. The Labute approximate surface area is 159 Å². The Hall–Kier alpha value is -2.08. The second-order valence-electron chi connectivity index (χ2n) is 8.57. The Bertz CT molecular complexity index is 810. The molecule has 0 N–H and O–H groups in total. The van der Waals surface area contributed by atoms with E-state index in [2.05, 4.69) is 95.3 Å². The van der Waals surface area contributed by atoms with Gasteiger partial charge in [0.05, 0.1) is 0 Å². The molecule has 0 saturated carbocycles. The lowest BCUT2D eigenvalue weighted by Crippen LogP contribution is -2.15. The molecule has 2 aromatic rings. The van der Waals surface area contributed by atoms with E-state index < -0.39 is 0 Å². The Kier molecular flexibility index (Phi) is 5.51. The SMILES string of the molecule is CCC1=CC(c2ccc(CCc3c(C)cccc3C(C)(C)C)cc2)C=C1. The van der Waals surface area contributed by atoms with Crippen LogP contribution >= 0.6 is 0 Å². The monoisotopic (exact) mass is 344 g/mol. The van der Waals surface area contributed by atoms with Gasteiger partial charge in [-0.2, -0.15) is 0 Å². The van der Waals surface area contributed by atoms with Crippen LogP contribution in [0.25, 0.3) is 0 Å². The smallest absolute Gasteiger partial charge is 0.0207 e. The summed E-state index contributed by atoms with van der Waals surface area (Å²) >= 11 is 0. The van der Waals surface area contributed by atoms with E-state index in [-0.39, 0.29) is 5.41 Å². The molecule has 136 valence electrons. The fourth-order valence-corrected chi connectivity index (χ4v) is 3.92. The zero-order valence-electron chi connectivity index (χ0n) is 17.0. The highest BCUT2D eigenvalue weighted by molar-refractivity contribution is 5.42. The molecular formula is C26H32. The van der Waals surface area contributed by atoms with Gasteiger partial charge in [0.15, 0.2) is 0 Å². The largest absolute Gasteiger partial charge is 0.0730 e. The highest BCUT2D eigenvalue weighted by atomic mass is 14.2. The Balaban J connectivity index is 1.72. The van der Waals surface area contributed by atoms with E-state index in [0.29, 0.717) is 5.92 Å². The minimum atomic E-state index is 0.198. The van der Waals surface area contributed by atoms with Crippen molar-refractivity contribution in [2.24, 2.45) is 0 Å².